The molecular formula is C9H10O2. The summed E-state index contributed by atoms with van der Waals surface area (Å²) in [6.45, 7) is 3.06. The van der Waals surface area contributed by atoms with Crippen molar-refractivity contribution in [3.8, 4) is 0 Å². The molecule has 58 valence electrons. The van der Waals surface area contributed by atoms with Crippen molar-refractivity contribution in [3.63, 3.8) is 0 Å². The van der Waals surface area contributed by atoms with Crippen LogP contribution in [0.25, 0.3) is 0 Å². The zero-order valence-electron chi connectivity index (χ0n) is 6.59. The second-order valence-corrected chi connectivity index (χ2v) is 2.49. The molecule has 0 heterocycles. The van der Waals surface area contributed by atoms with Crippen LogP contribution in [-0.2, 0) is 4.79 Å². The molecule has 2 nitrogen and oxygen atoms in total. The van der Waals surface area contributed by atoms with E-state index in [1.165, 1.54) is 6.92 Å². The molecule has 1 rings (SSSR count). The van der Waals surface area contributed by atoms with Crippen molar-refractivity contribution < 1.29 is 9.90 Å². The average molecular weight is 150 g/mol. The van der Waals surface area contributed by atoms with Crippen molar-refractivity contribution in [1.82, 2.24) is 0 Å². The number of hydrogen-bond acceptors (Lipinski definition) is 2. The van der Waals surface area contributed by atoms with E-state index in [1.54, 1.807) is 25.2 Å². The zero-order valence-corrected chi connectivity index (χ0v) is 6.59. The van der Waals surface area contributed by atoms with Gasteiger partial charge in [0.05, 0.1) is 5.76 Å². The van der Waals surface area contributed by atoms with E-state index >= 15 is 0 Å². The molecule has 1 aliphatic rings. The van der Waals surface area contributed by atoms with Crippen molar-refractivity contribution in [2.24, 2.45) is 0 Å². The predicted molar refractivity (Wildman–Crippen MR) is 43.2 cm³/mol. The molecule has 0 unspecified atom stereocenters. The molecule has 1 N–H and O–H groups in total. The minimum atomic E-state index is -0.0154. The van der Waals surface area contributed by atoms with Gasteiger partial charge in [0.25, 0.3) is 0 Å². The van der Waals surface area contributed by atoms with E-state index in [-0.39, 0.29) is 11.5 Å². The van der Waals surface area contributed by atoms with Crippen molar-refractivity contribution in [1.29, 1.82) is 0 Å². The lowest BCUT2D eigenvalue weighted by atomic mass is 10.1. The topological polar surface area (TPSA) is 37.3 Å². The molecule has 0 saturated carbocycles. The predicted octanol–water partition coefficient (Wildman–Crippen LogP) is 1.90. The van der Waals surface area contributed by atoms with Gasteiger partial charge >= 0.3 is 0 Å². The highest BCUT2D eigenvalue weighted by Crippen LogP contribution is 2.21. The smallest absolute Gasteiger partial charge is 0.160 e. The van der Waals surface area contributed by atoms with Crippen LogP contribution in [-0.4, -0.2) is 10.9 Å². The monoisotopic (exact) mass is 150 g/mol. The molecular weight excluding hydrogens is 140 g/mol. The maximum absolute atomic E-state index is 10.9. The van der Waals surface area contributed by atoms with Gasteiger partial charge in [-0.15, -0.1) is 0 Å². The van der Waals surface area contributed by atoms with E-state index < -0.39 is 0 Å². The standard InChI is InChI=1S/C9H10O2/c1-6(10)8-4-3-5-9(8)7(2)11/h3-5,10H,1-2H3/b8-6+. The van der Waals surface area contributed by atoms with Gasteiger partial charge in [0.1, 0.15) is 0 Å². The summed E-state index contributed by atoms with van der Waals surface area (Å²) >= 11 is 0. The van der Waals surface area contributed by atoms with Crippen molar-refractivity contribution in [3.05, 3.63) is 35.1 Å². The molecule has 0 aromatic carbocycles. The lowest BCUT2D eigenvalue weighted by Gasteiger charge is -2.00. The number of carbonyl (C=O) groups is 1. The van der Waals surface area contributed by atoms with Gasteiger partial charge in [-0.25, -0.2) is 0 Å². The number of allylic oxidation sites excluding steroid dienone is 6. The van der Waals surface area contributed by atoms with Gasteiger partial charge in [-0.1, -0.05) is 18.2 Å². The molecule has 0 aliphatic heterocycles. The molecule has 0 amide bonds. The van der Waals surface area contributed by atoms with Gasteiger partial charge in [0, 0.05) is 11.1 Å². The van der Waals surface area contributed by atoms with Crippen LogP contribution in [0.3, 0.4) is 0 Å². The summed E-state index contributed by atoms with van der Waals surface area (Å²) in [5.74, 6) is 0.179. The number of aliphatic hydroxyl groups excluding tert-OH is 1. The summed E-state index contributed by atoms with van der Waals surface area (Å²) in [7, 11) is 0. The normalized spacial score (nSPS) is 20.0. The average Bonchev–Trinajstić information content (AvgIpc) is 2.32. The minimum absolute atomic E-state index is 0.0154. The number of Topliss-reactive ketones (excluding diaryl/α,β-unsaturated/α-hetero) is 1. The Balaban J connectivity index is 3.05. The first-order valence-electron chi connectivity index (χ1n) is 3.42. The highest BCUT2D eigenvalue weighted by atomic mass is 16.3. The Morgan fingerprint density at radius 2 is 2.09 bits per heavy atom. The molecule has 0 aromatic heterocycles. The molecule has 1 aliphatic carbocycles. The van der Waals surface area contributed by atoms with E-state index in [9.17, 15) is 4.79 Å². The van der Waals surface area contributed by atoms with E-state index in [0.29, 0.717) is 11.1 Å². The largest absolute Gasteiger partial charge is 0.512 e. The van der Waals surface area contributed by atoms with Crippen LogP contribution < -0.4 is 0 Å². The van der Waals surface area contributed by atoms with Crippen LogP contribution in [0.2, 0.25) is 0 Å². The third-order valence-electron chi connectivity index (χ3n) is 1.59. The Hall–Kier alpha value is -1.31. The quantitative estimate of drug-likeness (QED) is 0.579. The summed E-state index contributed by atoms with van der Waals surface area (Å²) in [6.07, 6.45) is 5.19. The summed E-state index contributed by atoms with van der Waals surface area (Å²) in [5, 5.41) is 9.11. The molecule has 11 heavy (non-hydrogen) atoms. The Labute approximate surface area is 65.5 Å². The van der Waals surface area contributed by atoms with E-state index in [1.807, 2.05) is 0 Å². The van der Waals surface area contributed by atoms with Crippen LogP contribution in [0.15, 0.2) is 35.1 Å². The summed E-state index contributed by atoms with van der Waals surface area (Å²) in [4.78, 5) is 10.9. The maximum atomic E-state index is 10.9. The SMILES string of the molecule is CC(=O)C1=CC=C/C1=C(/C)O. The molecule has 0 radical (unpaired) electrons. The number of hydrogen-bond donors (Lipinski definition) is 1. The van der Waals surface area contributed by atoms with Gasteiger partial charge in [0.2, 0.25) is 0 Å². The number of carbonyl (C=O) groups excluding carboxylic acids is 1. The fourth-order valence-electron chi connectivity index (χ4n) is 1.04. The third-order valence-corrected chi connectivity index (χ3v) is 1.59. The minimum Gasteiger partial charge on any atom is -0.512 e. The van der Waals surface area contributed by atoms with Crippen molar-refractivity contribution >= 4 is 5.78 Å². The number of aliphatic hydroxyl groups is 1. The van der Waals surface area contributed by atoms with Gasteiger partial charge < -0.3 is 5.11 Å². The third kappa shape index (κ3) is 1.40. The first-order valence-corrected chi connectivity index (χ1v) is 3.42. The molecule has 0 aromatic rings. The molecule has 2 heteroatoms. The number of ketones is 1. The number of rotatable bonds is 1. The maximum Gasteiger partial charge on any atom is 0.160 e. The summed E-state index contributed by atoms with van der Waals surface area (Å²) in [6, 6.07) is 0. The van der Waals surface area contributed by atoms with Gasteiger partial charge in [-0.3, -0.25) is 4.79 Å². The Kier molecular flexibility index (Phi) is 1.94. The van der Waals surface area contributed by atoms with Crippen LogP contribution in [0.4, 0.5) is 0 Å². The Morgan fingerprint density at radius 3 is 2.45 bits per heavy atom. The van der Waals surface area contributed by atoms with E-state index in [0.717, 1.165) is 0 Å². The summed E-state index contributed by atoms with van der Waals surface area (Å²) < 4.78 is 0. The van der Waals surface area contributed by atoms with Crippen molar-refractivity contribution in [2.75, 3.05) is 0 Å². The fourth-order valence-corrected chi connectivity index (χ4v) is 1.04. The highest BCUT2D eigenvalue weighted by Gasteiger charge is 2.12. The molecule has 0 bridgehead atoms. The first-order chi connectivity index (χ1) is 5.13. The van der Waals surface area contributed by atoms with Crippen LogP contribution in [0, 0.1) is 0 Å². The van der Waals surface area contributed by atoms with Gasteiger partial charge in [-0.2, -0.15) is 0 Å². The lowest BCUT2D eigenvalue weighted by Crippen LogP contribution is -1.97. The van der Waals surface area contributed by atoms with Crippen LogP contribution >= 0.6 is 0 Å². The van der Waals surface area contributed by atoms with Gasteiger partial charge in [0.15, 0.2) is 5.78 Å². The fraction of sp³-hybridized carbons (Fsp3) is 0.222. The molecule has 0 spiro atoms. The molecule has 0 saturated heterocycles. The molecule has 0 atom stereocenters. The van der Waals surface area contributed by atoms with E-state index in [2.05, 4.69) is 0 Å². The first kappa shape index (κ1) is 7.79. The van der Waals surface area contributed by atoms with Crippen LogP contribution in [0.5, 0.6) is 0 Å². The second kappa shape index (κ2) is 2.74. The van der Waals surface area contributed by atoms with E-state index in [4.69, 9.17) is 5.11 Å². The summed E-state index contributed by atoms with van der Waals surface area (Å²) in [5.41, 5.74) is 1.22. The second-order valence-electron chi connectivity index (χ2n) is 2.49. The lowest BCUT2D eigenvalue weighted by molar-refractivity contribution is -0.113. The van der Waals surface area contributed by atoms with Crippen LogP contribution in [0.1, 0.15) is 13.8 Å². The Morgan fingerprint density at radius 1 is 1.45 bits per heavy atom. The zero-order chi connectivity index (χ0) is 8.43. The van der Waals surface area contributed by atoms with Crippen molar-refractivity contribution in [2.45, 2.75) is 13.8 Å². The van der Waals surface area contributed by atoms with Gasteiger partial charge in [-0.05, 0) is 13.8 Å². The Bertz CT molecular complexity index is 276. The highest BCUT2D eigenvalue weighted by molar-refractivity contribution is 6.00. The molecule has 0 fully saturated rings.